The van der Waals surface area contributed by atoms with Crippen LogP contribution in [0.1, 0.15) is 16.8 Å². The lowest BCUT2D eigenvalue weighted by molar-refractivity contribution is -0.138. The van der Waals surface area contributed by atoms with Gasteiger partial charge in [0, 0.05) is 11.8 Å². The molecule has 1 aromatic rings. The molecule has 16 heavy (non-hydrogen) atoms. The number of carbonyl (C=O) groups excluding carboxylic acids is 1. The summed E-state index contributed by atoms with van der Waals surface area (Å²) >= 11 is 0. The summed E-state index contributed by atoms with van der Waals surface area (Å²) in [4.78, 5) is 22.4. The van der Waals surface area contributed by atoms with Crippen LogP contribution < -0.4 is 10.5 Å². The predicted octanol–water partition coefficient (Wildman–Crippen LogP) is 0.935. The fraction of sp³-hybridized carbons (Fsp3) is 0.273. The number of hydrogen-bond donors (Lipinski definition) is 2. The van der Waals surface area contributed by atoms with Crippen molar-refractivity contribution in [2.24, 2.45) is 5.92 Å². The molecule has 0 radical (unpaired) electrons. The molecule has 0 spiro atoms. The summed E-state index contributed by atoms with van der Waals surface area (Å²) in [6.07, 6.45) is -0.206. The van der Waals surface area contributed by atoms with Crippen LogP contribution in [0.15, 0.2) is 18.2 Å². The number of carboxylic acids is 1. The van der Waals surface area contributed by atoms with Crippen LogP contribution >= 0.6 is 0 Å². The minimum atomic E-state index is -0.999. The molecule has 1 aromatic carbocycles. The lowest BCUT2D eigenvalue weighted by Crippen LogP contribution is -2.29. The van der Waals surface area contributed by atoms with E-state index in [1.807, 2.05) is 0 Å². The average Bonchev–Trinajstić information content (AvgIpc) is 2.22. The van der Waals surface area contributed by atoms with Gasteiger partial charge in [-0.2, -0.15) is 0 Å². The molecule has 2 rings (SSSR count). The third-order valence-corrected chi connectivity index (χ3v) is 2.50. The normalized spacial score (nSPS) is 18.8. The van der Waals surface area contributed by atoms with Crippen LogP contribution in [0.3, 0.4) is 0 Å². The number of nitrogen functional groups attached to an aromatic ring is 1. The molecule has 0 aliphatic carbocycles. The number of hydrogen-bond acceptors (Lipinski definition) is 4. The summed E-state index contributed by atoms with van der Waals surface area (Å²) in [5.74, 6) is -1.36. The summed E-state index contributed by atoms with van der Waals surface area (Å²) < 4.78 is 5.32. The number of fused-ring (bicyclic) bond motifs is 1. The fourth-order valence-electron chi connectivity index (χ4n) is 1.71. The van der Waals surface area contributed by atoms with E-state index in [0.29, 0.717) is 17.0 Å². The number of anilines is 1. The van der Waals surface area contributed by atoms with Crippen LogP contribution in [-0.4, -0.2) is 23.5 Å². The van der Waals surface area contributed by atoms with Crippen molar-refractivity contribution in [2.75, 3.05) is 12.3 Å². The van der Waals surface area contributed by atoms with E-state index in [4.69, 9.17) is 15.6 Å². The summed E-state index contributed by atoms with van der Waals surface area (Å²) in [7, 11) is 0. The van der Waals surface area contributed by atoms with E-state index in [1.54, 1.807) is 18.2 Å². The summed E-state index contributed by atoms with van der Waals surface area (Å²) in [5.41, 5.74) is 6.48. The van der Waals surface area contributed by atoms with Gasteiger partial charge in [-0.25, -0.2) is 0 Å². The summed E-state index contributed by atoms with van der Waals surface area (Å²) in [5, 5.41) is 8.65. The lowest BCUT2D eigenvalue weighted by Gasteiger charge is -2.23. The largest absolute Gasteiger partial charge is 0.492 e. The number of ketones is 1. The van der Waals surface area contributed by atoms with Gasteiger partial charge in [-0.1, -0.05) is 0 Å². The smallest absolute Gasteiger partial charge is 0.304 e. The Morgan fingerprint density at radius 3 is 3.00 bits per heavy atom. The third-order valence-electron chi connectivity index (χ3n) is 2.50. The zero-order chi connectivity index (χ0) is 11.7. The molecule has 5 nitrogen and oxygen atoms in total. The first-order chi connectivity index (χ1) is 7.58. The lowest BCUT2D eigenvalue weighted by atomic mass is 9.92. The SMILES string of the molecule is Nc1ccc2c(c1)OCC(CC(=O)O)C2=O. The molecule has 84 valence electrons. The van der Waals surface area contributed by atoms with E-state index >= 15 is 0 Å². The Kier molecular flexibility index (Phi) is 2.52. The number of nitrogens with two attached hydrogens (primary N) is 1. The van der Waals surface area contributed by atoms with Gasteiger partial charge in [0.1, 0.15) is 5.75 Å². The second kappa shape index (κ2) is 3.84. The molecular weight excluding hydrogens is 210 g/mol. The van der Waals surface area contributed by atoms with Crippen LogP contribution in [0.25, 0.3) is 0 Å². The highest BCUT2D eigenvalue weighted by atomic mass is 16.5. The maximum Gasteiger partial charge on any atom is 0.304 e. The van der Waals surface area contributed by atoms with Crippen molar-refractivity contribution in [1.82, 2.24) is 0 Å². The quantitative estimate of drug-likeness (QED) is 0.725. The first-order valence-corrected chi connectivity index (χ1v) is 4.86. The number of ether oxygens (including phenoxy) is 1. The maximum atomic E-state index is 11.9. The monoisotopic (exact) mass is 221 g/mol. The second-order valence-corrected chi connectivity index (χ2v) is 3.73. The molecular formula is C11H11NO4. The van der Waals surface area contributed by atoms with E-state index in [2.05, 4.69) is 0 Å². The highest BCUT2D eigenvalue weighted by molar-refractivity contribution is 6.02. The van der Waals surface area contributed by atoms with Crippen molar-refractivity contribution in [3.8, 4) is 5.75 Å². The van der Waals surface area contributed by atoms with E-state index in [-0.39, 0.29) is 18.8 Å². The number of benzene rings is 1. The molecule has 1 heterocycles. The van der Waals surface area contributed by atoms with Crippen molar-refractivity contribution in [3.63, 3.8) is 0 Å². The number of aliphatic carboxylic acids is 1. The van der Waals surface area contributed by atoms with E-state index in [1.165, 1.54) is 0 Å². The zero-order valence-electron chi connectivity index (χ0n) is 8.47. The molecule has 1 aliphatic rings. The first kappa shape index (κ1) is 10.5. The van der Waals surface area contributed by atoms with Gasteiger partial charge in [0.25, 0.3) is 0 Å². The third kappa shape index (κ3) is 1.84. The van der Waals surface area contributed by atoms with Crippen molar-refractivity contribution in [3.05, 3.63) is 23.8 Å². The van der Waals surface area contributed by atoms with Crippen LogP contribution in [-0.2, 0) is 4.79 Å². The highest BCUT2D eigenvalue weighted by Crippen LogP contribution is 2.30. The van der Waals surface area contributed by atoms with Crippen LogP contribution in [0, 0.1) is 5.92 Å². The molecule has 0 bridgehead atoms. The van der Waals surface area contributed by atoms with Gasteiger partial charge in [0.15, 0.2) is 5.78 Å². The van der Waals surface area contributed by atoms with Crippen molar-refractivity contribution in [1.29, 1.82) is 0 Å². The standard InChI is InChI=1S/C11H11NO4/c12-7-1-2-8-9(4-7)16-5-6(11(8)15)3-10(13)14/h1-2,4,6H,3,5,12H2,(H,13,14). The average molecular weight is 221 g/mol. The number of Topliss-reactive ketones (excluding diaryl/α,β-unsaturated/α-hetero) is 1. The molecule has 1 atom stereocenters. The molecule has 0 saturated heterocycles. The number of rotatable bonds is 2. The molecule has 0 aromatic heterocycles. The summed E-state index contributed by atoms with van der Waals surface area (Å²) in [6, 6.07) is 4.74. The Morgan fingerprint density at radius 1 is 1.56 bits per heavy atom. The second-order valence-electron chi connectivity index (χ2n) is 3.73. The fourth-order valence-corrected chi connectivity index (χ4v) is 1.71. The molecule has 1 aliphatic heterocycles. The van der Waals surface area contributed by atoms with E-state index in [9.17, 15) is 9.59 Å². The van der Waals surface area contributed by atoms with Gasteiger partial charge < -0.3 is 15.6 Å². The van der Waals surface area contributed by atoms with Gasteiger partial charge >= 0.3 is 5.97 Å². The molecule has 0 amide bonds. The molecule has 0 saturated carbocycles. The van der Waals surface area contributed by atoms with Crippen LogP contribution in [0.4, 0.5) is 5.69 Å². The minimum Gasteiger partial charge on any atom is -0.492 e. The number of carboxylic acid groups (broad SMARTS) is 1. The van der Waals surface area contributed by atoms with Gasteiger partial charge in [-0.05, 0) is 12.1 Å². The van der Waals surface area contributed by atoms with Gasteiger partial charge in [-0.3, -0.25) is 9.59 Å². The Balaban J connectivity index is 2.29. The Labute approximate surface area is 91.8 Å². The van der Waals surface area contributed by atoms with Crippen molar-refractivity contribution in [2.45, 2.75) is 6.42 Å². The van der Waals surface area contributed by atoms with Crippen molar-refractivity contribution < 1.29 is 19.4 Å². The van der Waals surface area contributed by atoms with Crippen molar-refractivity contribution >= 4 is 17.4 Å². The molecule has 5 heteroatoms. The number of carbonyl (C=O) groups is 2. The van der Waals surface area contributed by atoms with Gasteiger partial charge in [-0.15, -0.1) is 0 Å². The topological polar surface area (TPSA) is 89.6 Å². The Bertz CT molecular complexity index is 455. The molecule has 3 N–H and O–H groups in total. The highest BCUT2D eigenvalue weighted by Gasteiger charge is 2.30. The zero-order valence-corrected chi connectivity index (χ0v) is 8.47. The Morgan fingerprint density at radius 2 is 2.31 bits per heavy atom. The minimum absolute atomic E-state index is 0.0988. The molecule has 1 unspecified atom stereocenters. The summed E-state index contributed by atoms with van der Waals surface area (Å²) in [6.45, 7) is 0.0988. The van der Waals surface area contributed by atoms with Gasteiger partial charge in [0.05, 0.1) is 24.5 Å². The van der Waals surface area contributed by atoms with Crippen LogP contribution in [0.5, 0.6) is 5.75 Å². The predicted molar refractivity (Wildman–Crippen MR) is 56.4 cm³/mol. The van der Waals surface area contributed by atoms with Gasteiger partial charge in [0.2, 0.25) is 0 Å². The Hall–Kier alpha value is -2.04. The van der Waals surface area contributed by atoms with E-state index in [0.717, 1.165) is 0 Å². The van der Waals surface area contributed by atoms with E-state index < -0.39 is 11.9 Å². The van der Waals surface area contributed by atoms with Crippen LogP contribution in [0.2, 0.25) is 0 Å². The maximum absolute atomic E-state index is 11.9. The molecule has 0 fully saturated rings. The first-order valence-electron chi connectivity index (χ1n) is 4.86.